The molecule has 0 N–H and O–H groups in total. The smallest absolute Gasteiger partial charge is 0.146 e. The van der Waals surface area contributed by atoms with Crippen LogP contribution in [0, 0.1) is 5.92 Å². The summed E-state index contributed by atoms with van der Waals surface area (Å²) in [6.45, 7) is 4.59. The lowest BCUT2D eigenvalue weighted by Crippen LogP contribution is -2.03. The molecule has 2 aromatic heterocycles. The van der Waals surface area contributed by atoms with Crippen LogP contribution in [-0.2, 0) is 6.42 Å². The molecule has 146 valence electrons. The molecule has 0 saturated heterocycles. The van der Waals surface area contributed by atoms with Gasteiger partial charge in [-0.05, 0) is 67.4 Å². The highest BCUT2D eigenvalue weighted by Gasteiger charge is 2.30. The molecule has 2 unspecified atom stereocenters. The molecule has 0 aliphatic heterocycles. The average molecular weight is 447 g/mol. The number of halogens is 1. The first-order valence-corrected chi connectivity index (χ1v) is 11.4. The van der Waals surface area contributed by atoms with Crippen LogP contribution in [0.5, 0.6) is 0 Å². The van der Waals surface area contributed by atoms with E-state index >= 15 is 0 Å². The van der Waals surface area contributed by atoms with E-state index < -0.39 is 0 Å². The number of furan rings is 2. The molecule has 0 amide bonds. The summed E-state index contributed by atoms with van der Waals surface area (Å²) < 4.78 is 14.1. The van der Waals surface area contributed by atoms with Gasteiger partial charge >= 0.3 is 0 Å². The Labute approximate surface area is 178 Å². The number of hydrogen-bond donors (Lipinski definition) is 0. The van der Waals surface area contributed by atoms with E-state index in [1.165, 1.54) is 27.5 Å². The Balaban J connectivity index is 1.78. The third-order valence-electron chi connectivity index (χ3n) is 6.70. The molecule has 1 aromatic carbocycles. The molecule has 2 heterocycles. The first kappa shape index (κ1) is 17.6. The van der Waals surface area contributed by atoms with E-state index in [9.17, 15) is 0 Å². The first-order valence-electron chi connectivity index (χ1n) is 10.6. The van der Waals surface area contributed by atoms with Gasteiger partial charge < -0.3 is 8.83 Å². The van der Waals surface area contributed by atoms with Gasteiger partial charge in [-0.15, -0.1) is 0 Å². The van der Waals surface area contributed by atoms with Crippen LogP contribution in [0.15, 0.2) is 43.7 Å². The fourth-order valence-corrected chi connectivity index (χ4v) is 5.61. The SMILES string of the molecule is CC1CC=C(Br)C=C1c1c2oc3c(c2cc2c4c(oc12)C=CCC4C)CCC=C3. The summed E-state index contributed by atoms with van der Waals surface area (Å²) in [4.78, 5) is 0. The minimum Gasteiger partial charge on any atom is -0.456 e. The second-order valence-corrected chi connectivity index (χ2v) is 9.55. The summed E-state index contributed by atoms with van der Waals surface area (Å²) in [5.74, 6) is 2.91. The van der Waals surface area contributed by atoms with Crippen LogP contribution in [0.25, 0.3) is 39.7 Å². The van der Waals surface area contributed by atoms with Gasteiger partial charge in [0.25, 0.3) is 0 Å². The van der Waals surface area contributed by atoms with Crippen molar-refractivity contribution in [3.63, 3.8) is 0 Å². The summed E-state index contributed by atoms with van der Waals surface area (Å²) in [7, 11) is 0. The largest absolute Gasteiger partial charge is 0.456 e. The van der Waals surface area contributed by atoms with Gasteiger partial charge in [0.05, 0.1) is 5.56 Å². The maximum Gasteiger partial charge on any atom is 0.146 e. The van der Waals surface area contributed by atoms with Crippen molar-refractivity contribution in [2.75, 3.05) is 0 Å². The highest BCUT2D eigenvalue weighted by Crippen LogP contribution is 2.48. The highest BCUT2D eigenvalue weighted by molar-refractivity contribution is 9.11. The van der Waals surface area contributed by atoms with Crippen LogP contribution in [0.4, 0.5) is 0 Å². The number of fused-ring (bicyclic) bond motifs is 6. The van der Waals surface area contributed by atoms with E-state index in [4.69, 9.17) is 8.83 Å². The molecule has 3 heteroatoms. The number of hydrogen-bond acceptors (Lipinski definition) is 2. The fraction of sp³-hybridized carbons (Fsp3) is 0.308. The number of allylic oxidation sites excluding steroid dienone is 6. The predicted octanol–water partition coefficient (Wildman–Crippen LogP) is 8.36. The molecule has 0 saturated carbocycles. The number of benzene rings is 1. The minimum atomic E-state index is 0.415. The van der Waals surface area contributed by atoms with Gasteiger partial charge in [-0.1, -0.05) is 48.0 Å². The molecule has 6 rings (SSSR count). The zero-order valence-corrected chi connectivity index (χ0v) is 18.3. The minimum absolute atomic E-state index is 0.415. The molecule has 0 fully saturated rings. The average Bonchev–Trinajstić information content (AvgIpc) is 3.27. The second-order valence-electron chi connectivity index (χ2n) is 8.64. The fourth-order valence-electron chi connectivity index (χ4n) is 5.17. The van der Waals surface area contributed by atoms with Gasteiger partial charge in [-0.25, -0.2) is 0 Å². The third-order valence-corrected chi connectivity index (χ3v) is 7.25. The van der Waals surface area contributed by atoms with Crippen molar-refractivity contribution in [2.45, 2.75) is 45.4 Å². The standard InChI is InChI=1S/C26H23BrO2/c1-14-10-11-16(27)12-18(14)24-25-19(17-7-3-4-8-21(17)28-25)13-20-23-15(2)6-5-9-22(23)29-26(20)24/h4-5,8-9,11-15H,3,6-7,10H2,1-2H3. The molecule has 0 spiro atoms. The van der Waals surface area contributed by atoms with Crippen LogP contribution >= 0.6 is 15.9 Å². The van der Waals surface area contributed by atoms with Gasteiger partial charge in [-0.3, -0.25) is 0 Å². The summed E-state index contributed by atoms with van der Waals surface area (Å²) in [5.41, 5.74) is 7.11. The van der Waals surface area contributed by atoms with Crippen molar-refractivity contribution >= 4 is 55.6 Å². The second kappa shape index (κ2) is 6.37. The maximum atomic E-state index is 6.53. The predicted molar refractivity (Wildman–Crippen MR) is 124 cm³/mol. The Hall–Kier alpha value is -2.26. The molecule has 3 aliphatic carbocycles. The van der Waals surface area contributed by atoms with Crippen molar-refractivity contribution < 1.29 is 8.83 Å². The van der Waals surface area contributed by atoms with E-state index in [-0.39, 0.29) is 0 Å². The van der Waals surface area contributed by atoms with Crippen molar-refractivity contribution in [2.24, 2.45) is 5.92 Å². The Morgan fingerprint density at radius 2 is 1.72 bits per heavy atom. The first-order chi connectivity index (χ1) is 14.1. The number of rotatable bonds is 1. The van der Waals surface area contributed by atoms with Crippen molar-refractivity contribution in [1.29, 1.82) is 0 Å². The summed E-state index contributed by atoms with van der Waals surface area (Å²) in [5, 5.41) is 2.52. The molecule has 2 atom stereocenters. The quantitative estimate of drug-likeness (QED) is 0.375. The van der Waals surface area contributed by atoms with Crippen LogP contribution in [-0.4, -0.2) is 0 Å². The van der Waals surface area contributed by atoms with Crippen LogP contribution in [0.2, 0.25) is 0 Å². The van der Waals surface area contributed by atoms with Crippen LogP contribution in [0.1, 0.15) is 67.2 Å². The molecule has 3 aliphatic rings. The lowest BCUT2D eigenvalue weighted by Gasteiger charge is -2.19. The zero-order valence-electron chi connectivity index (χ0n) is 16.7. The number of aryl methyl sites for hydroxylation is 1. The van der Waals surface area contributed by atoms with E-state index in [2.05, 4.69) is 72.3 Å². The van der Waals surface area contributed by atoms with Gasteiger partial charge in [0.15, 0.2) is 0 Å². The van der Waals surface area contributed by atoms with Crippen molar-refractivity contribution in [1.82, 2.24) is 0 Å². The van der Waals surface area contributed by atoms with Crippen LogP contribution in [0.3, 0.4) is 0 Å². The topological polar surface area (TPSA) is 26.3 Å². The Kier molecular flexibility index (Phi) is 3.86. The van der Waals surface area contributed by atoms with E-state index in [1.54, 1.807) is 0 Å². The molecular formula is C26H23BrO2. The van der Waals surface area contributed by atoms with Gasteiger partial charge in [0.1, 0.15) is 22.7 Å². The van der Waals surface area contributed by atoms with Crippen molar-refractivity contribution in [3.05, 3.63) is 63.1 Å². The Morgan fingerprint density at radius 3 is 2.62 bits per heavy atom. The van der Waals surface area contributed by atoms with Gasteiger partial charge in [-0.2, -0.15) is 0 Å². The highest BCUT2D eigenvalue weighted by atomic mass is 79.9. The summed E-state index contributed by atoms with van der Waals surface area (Å²) in [6.07, 6.45) is 17.4. The van der Waals surface area contributed by atoms with Crippen LogP contribution < -0.4 is 0 Å². The zero-order chi connectivity index (χ0) is 19.7. The molecule has 2 nitrogen and oxygen atoms in total. The van der Waals surface area contributed by atoms with E-state index in [0.29, 0.717) is 11.8 Å². The van der Waals surface area contributed by atoms with E-state index in [1.807, 2.05) is 0 Å². The third kappa shape index (κ3) is 2.53. The van der Waals surface area contributed by atoms with Crippen molar-refractivity contribution in [3.8, 4) is 0 Å². The summed E-state index contributed by atoms with van der Waals surface area (Å²) >= 11 is 3.71. The molecular weight excluding hydrogens is 424 g/mol. The molecule has 0 radical (unpaired) electrons. The Morgan fingerprint density at radius 1 is 0.931 bits per heavy atom. The maximum absolute atomic E-state index is 6.53. The lowest BCUT2D eigenvalue weighted by molar-refractivity contribution is 0.577. The van der Waals surface area contributed by atoms with Gasteiger partial charge in [0, 0.05) is 26.4 Å². The Bertz CT molecular complexity index is 1290. The molecule has 3 aromatic rings. The lowest BCUT2D eigenvalue weighted by atomic mass is 9.84. The summed E-state index contributed by atoms with van der Waals surface area (Å²) in [6, 6.07) is 2.34. The monoisotopic (exact) mass is 446 g/mol. The molecule has 29 heavy (non-hydrogen) atoms. The van der Waals surface area contributed by atoms with Gasteiger partial charge in [0.2, 0.25) is 0 Å². The molecule has 0 bridgehead atoms. The normalized spacial score (nSPS) is 23.3. The van der Waals surface area contributed by atoms with E-state index in [0.717, 1.165) is 58.4 Å².